The van der Waals surface area contributed by atoms with Crippen LogP contribution in [-0.4, -0.2) is 42.8 Å². The van der Waals surface area contributed by atoms with Crippen molar-refractivity contribution in [2.45, 2.75) is 51.9 Å². The first-order valence-corrected chi connectivity index (χ1v) is 10.7. The lowest BCUT2D eigenvalue weighted by atomic mass is 9.87. The quantitative estimate of drug-likeness (QED) is 0.716. The molecule has 1 unspecified atom stereocenters. The van der Waals surface area contributed by atoms with E-state index in [-0.39, 0.29) is 36.0 Å². The van der Waals surface area contributed by atoms with Gasteiger partial charge in [-0.15, -0.1) is 0 Å². The van der Waals surface area contributed by atoms with Crippen LogP contribution in [0.5, 0.6) is 5.75 Å². The minimum atomic E-state index is -0.381. The Morgan fingerprint density at radius 3 is 2.55 bits per heavy atom. The van der Waals surface area contributed by atoms with Crippen molar-refractivity contribution in [2.75, 3.05) is 20.2 Å². The van der Waals surface area contributed by atoms with Gasteiger partial charge in [-0.3, -0.25) is 19.7 Å². The first kappa shape index (κ1) is 21.6. The van der Waals surface area contributed by atoms with E-state index in [0.717, 1.165) is 24.8 Å². The average Bonchev–Trinajstić information content (AvgIpc) is 3.04. The third-order valence-electron chi connectivity index (χ3n) is 6.14. The minimum absolute atomic E-state index is 0.0681. The van der Waals surface area contributed by atoms with Gasteiger partial charge in [0.2, 0.25) is 17.7 Å². The van der Waals surface area contributed by atoms with Crippen molar-refractivity contribution in [1.29, 1.82) is 0 Å². The number of nitrogens with one attached hydrogen (secondary N) is 1. The number of ether oxygens (including phenoxy) is 1. The third kappa shape index (κ3) is 4.74. The number of nitrogens with zero attached hydrogens (tertiary/aromatic N) is 1. The van der Waals surface area contributed by atoms with Crippen molar-refractivity contribution in [3.8, 4) is 5.75 Å². The average molecular weight is 421 g/mol. The molecule has 0 radical (unpaired) electrons. The summed E-state index contributed by atoms with van der Waals surface area (Å²) in [5.74, 6) is -0.00861. The summed E-state index contributed by atoms with van der Waals surface area (Å²) in [6.07, 6.45) is 3.22. The Morgan fingerprint density at radius 1 is 1.31 bits per heavy atom. The van der Waals surface area contributed by atoms with Gasteiger partial charge in [-0.1, -0.05) is 31.5 Å². The molecular formula is C22H29ClN2O4. The van der Waals surface area contributed by atoms with Crippen LogP contribution >= 0.6 is 11.6 Å². The Morgan fingerprint density at radius 2 is 2.00 bits per heavy atom. The van der Waals surface area contributed by atoms with Crippen LogP contribution in [-0.2, 0) is 20.8 Å². The standard InChI is InChI=1S/C22H29ClN2O4/c1-4-14-10-16(11-18(29-3)20(14)23)15-5-7-25(8-6-15)22(28)13(2)9-17-12-19(26)24-21(17)27/h10-11,13,15,17H,4-9,12H2,1-3H3,(H,24,26,27)/t13?,17-/m0/s1. The molecule has 158 valence electrons. The third-order valence-corrected chi connectivity index (χ3v) is 6.57. The van der Waals surface area contributed by atoms with Crippen molar-refractivity contribution in [1.82, 2.24) is 10.2 Å². The second kappa shape index (κ2) is 9.16. The number of methoxy groups -OCH3 is 1. The van der Waals surface area contributed by atoms with Crippen molar-refractivity contribution in [3.05, 3.63) is 28.3 Å². The fourth-order valence-corrected chi connectivity index (χ4v) is 4.71. The second-order valence-electron chi connectivity index (χ2n) is 8.10. The maximum absolute atomic E-state index is 12.8. The van der Waals surface area contributed by atoms with Crippen LogP contribution in [0, 0.1) is 11.8 Å². The van der Waals surface area contributed by atoms with E-state index in [0.29, 0.717) is 36.2 Å². The summed E-state index contributed by atoms with van der Waals surface area (Å²) in [6.45, 7) is 5.30. The first-order valence-electron chi connectivity index (χ1n) is 10.3. The molecule has 1 N–H and O–H groups in total. The van der Waals surface area contributed by atoms with Crippen LogP contribution < -0.4 is 10.1 Å². The maximum Gasteiger partial charge on any atom is 0.230 e. The molecule has 2 fully saturated rings. The van der Waals surface area contributed by atoms with Gasteiger partial charge in [0.15, 0.2) is 0 Å². The maximum atomic E-state index is 12.8. The summed E-state index contributed by atoms with van der Waals surface area (Å²) in [6, 6.07) is 4.17. The zero-order valence-electron chi connectivity index (χ0n) is 17.3. The fraction of sp³-hybridized carbons (Fsp3) is 0.591. The zero-order valence-corrected chi connectivity index (χ0v) is 18.1. The topological polar surface area (TPSA) is 75.7 Å². The summed E-state index contributed by atoms with van der Waals surface area (Å²) in [5, 5.41) is 2.99. The summed E-state index contributed by atoms with van der Waals surface area (Å²) in [5.41, 5.74) is 2.29. The Labute approximate surface area is 176 Å². The van der Waals surface area contributed by atoms with Gasteiger partial charge in [0.25, 0.3) is 0 Å². The van der Waals surface area contributed by atoms with Crippen molar-refractivity contribution in [2.24, 2.45) is 11.8 Å². The van der Waals surface area contributed by atoms with Crippen LogP contribution in [0.15, 0.2) is 12.1 Å². The Hall–Kier alpha value is -2.08. The van der Waals surface area contributed by atoms with E-state index in [1.165, 1.54) is 5.56 Å². The molecule has 3 amide bonds. The number of aryl methyl sites for hydroxylation is 1. The highest BCUT2D eigenvalue weighted by Crippen LogP contribution is 2.36. The number of rotatable bonds is 6. The second-order valence-corrected chi connectivity index (χ2v) is 8.48. The van der Waals surface area contributed by atoms with E-state index < -0.39 is 0 Å². The van der Waals surface area contributed by atoms with Crippen LogP contribution in [0.3, 0.4) is 0 Å². The summed E-state index contributed by atoms with van der Waals surface area (Å²) < 4.78 is 5.44. The molecule has 29 heavy (non-hydrogen) atoms. The molecule has 7 heteroatoms. The largest absolute Gasteiger partial charge is 0.495 e. The van der Waals surface area contributed by atoms with Gasteiger partial charge in [0.1, 0.15) is 5.75 Å². The molecule has 2 aliphatic heterocycles. The number of benzene rings is 1. The first-order chi connectivity index (χ1) is 13.8. The molecule has 0 aromatic heterocycles. The van der Waals surface area contributed by atoms with Gasteiger partial charge in [-0.25, -0.2) is 0 Å². The molecule has 0 saturated carbocycles. The predicted molar refractivity (Wildman–Crippen MR) is 111 cm³/mol. The van der Waals surface area contributed by atoms with Gasteiger partial charge in [-0.05, 0) is 48.8 Å². The number of carbonyl (C=O) groups excluding carboxylic acids is 3. The van der Waals surface area contributed by atoms with Gasteiger partial charge < -0.3 is 9.64 Å². The monoisotopic (exact) mass is 420 g/mol. The predicted octanol–water partition coefficient (Wildman–Crippen LogP) is 3.31. The lowest BCUT2D eigenvalue weighted by Gasteiger charge is -2.34. The number of piperidine rings is 1. The van der Waals surface area contributed by atoms with E-state index in [1.807, 2.05) is 17.9 Å². The molecule has 2 saturated heterocycles. The molecule has 0 aliphatic carbocycles. The van der Waals surface area contributed by atoms with Crippen LogP contribution in [0.2, 0.25) is 5.02 Å². The Bertz CT molecular complexity index is 777. The zero-order chi connectivity index (χ0) is 21.1. The van der Waals surface area contributed by atoms with Crippen LogP contribution in [0.25, 0.3) is 0 Å². The van der Waals surface area contributed by atoms with E-state index in [1.54, 1.807) is 7.11 Å². The van der Waals surface area contributed by atoms with Crippen molar-refractivity contribution >= 4 is 29.3 Å². The van der Waals surface area contributed by atoms with E-state index in [9.17, 15) is 14.4 Å². The molecular weight excluding hydrogens is 392 g/mol. The number of hydrogen-bond donors (Lipinski definition) is 1. The highest BCUT2D eigenvalue weighted by Gasteiger charge is 2.35. The molecule has 1 aromatic carbocycles. The highest BCUT2D eigenvalue weighted by atomic mass is 35.5. The van der Waals surface area contributed by atoms with Crippen LogP contribution in [0.4, 0.5) is 0 Å². The van der Waals surface area contributed by atoms with Gasteiger partial charge in [-0.2, -0.15) is 0 Å². The van der Waals surface area contributed by atoms with Crippen molar-refractivity contribution in [3.63, 3.8) is 0 Å². The minimum Gasteiger partial charge on any atom is -0.495 e. The lowest BCUT2D eigenvalue weighted by molar-refractivity contribution is -0.137. The lowest BCUT2D eigenvalue weighted by Crippen LogP contribution is -2.41. The van der Waals surface area contributed by atoms with Gasteiger partial charge in [0.05, 0.1) is 12.1 Å². The number of halogens is 1. The highest BCUT2D eigenvalue weighted by molar-refractivity contribution is 6.32. The van der Waals surface area contributed by atoms with Gasteiger partial charge >= 0.3 is 0 Å². The Kier molecular flexibility index (Phi) is 6.83. The summed E-state index contributed by atoms with van der Waals surface area (Å²) >= 11 is 6.38. The number of amides is 3. The molecule has 3 rings (SSSR count). The van der Waals surface area contributed by atoms with Crippen LogP contribution in [0.1, 0.15) is 56.6 Å². The molecule has 1 aromatic rings. The fourth-order valence-electron chi connectivity index (χ4n) is 4.39. The molecule has 2 heterocycles. The molecule has 6 nitrogen and oxygen atoms in total. The smallest absolute Gasteiger partial charge is 0.230 e. The molecule has 0 spiro atoms. The molecule has 2 aliphatic rings. The molecule has 2 atom stereocenters. The van der Waals surface area contributed by atoms with Gasteiger partial charge in [0, 0.05) is 31.3 Å². The van der Waals surface area contributed by atoms with E-state index >= 15 is 0 Å². The normalized spacial score (nSPS) is 21.2. The number of imide groups is 1. The van der Waals surface area contributed by atoms with E-state index in [2.05, 4.69) is 18.3 Å². The van der Waals surface area contributed by atoms with Crippen molar-refractivity contribution < 1.29 is 19.1 Å². The number of hydrogen-bond acceptors (Lipinski definition) is 4. The SMILES string of the molecule is CCc1cc(C2CCN(C(=O)C(C)C[C@H]3CC(=O)NC3=O)CC2)cc(OC)c1Cl. The summed E-state index contributed by atoms with van der Waals surface area (Å²) in [4.78, 5) is 37.9. The Balaban J connectivity index is 1.59. The number of likely N-dealkylation sites (tertiary alicyclic amines) is 1. The summed E-state index contributed by atoms with van der Waals surface area (Å²) in [7, 11) is 1.63. The molecule has 0 bridgehead atoms. The van der Waals surface area contributed by atoms with E-state index in [4.69, 9.17) is 16.3 Å². The number of carbonyl (C=O) groups is 3.